The van der Waals surface area contributed by atoms with E-state index in [1.165, 1.54) is 5.56 Å². The highest BCUT2D eigenvalue weighted by Gasteiger charge is 2.16. The zero-order valence-electron chi connectivity index (χ0n) is 11.8. The number of allylic oxidation sites excluding steroid dienone is 1. The van der Waals surface area contributed by atoms with Gasteiger partial charge in [0.05, 0.1) is 0 Å². The monoisotopic (exact) mass is 281 g/mol. The maximum absolute atomic E-state index is 9.28. The maximum Gasteiger partial charge on any atom is 0.115 e. The van der Waals surface area contributed by atoms with E-state index in [9.17, 15) is 5.11 Å². The van der Waals surface area contributed by atoms with Crippen molar-refractivity contribution in [2.75, 3.05) is 0 Å². The van der Waals surface area contributed by atoms with Crippen LogP contribution in [0.3, 0.4) is 0 Å². The number of aryl methyl sites for hydroxylation is 1. The predicted octanol–water partition coefficient (Wildman–Crippen LogP) is 3.35. The Labute approximate surface area is 124 Å². The Hall–Kier alpha value is -2.26. The molecule has 0 aromatic heterocycles. The fourth-order valence-electron chi connectivity index (χ4n) is 2.47. The van der Waals surface area contributed by atoms with E-state index in [4.69, 9.17) is 4.84 Å². The summed E-state index contributed by atoms with van der Waals surface area (Å²) < 4.78 is 0. The topological polar surface area (TPSA) is 41.5 Å². The number of aromatic hydroxyl groups is 1. The molecule has 0 spiro atoms. The molecule has 0 saturated heterocycles. The molecule has 1 aliphatic heterocycles. The molecule has 21 heavy (non-hydrogen) atoms. The number of hydroxylamine groups is 1. The zero-order chi connectivity index (χ0) is 14.5. The van der Waals surface area contributed by atoms with E-state index < -0.39 is 0 Å². The van der Waals surface area contributed by atoms with Crippen molar-refractivity contribution >= 4 is 0 Å². The van der Waals surface area contributed by atoms with Crippen LogP contribution >= 0.6 is 0 Å². The lowest BCUT2D eigenvalue weighted by Gasteiger charge is -2.07. The van der Waals surface area contributed by atoms with E-state index in [2.05, 4.69) is 35.8 Å². The molecule has 3 nitrogen and oxygen atoms in total. The van der Waals surface area contributed by atoms with Gasteiger partial charge >= 0.3 is 0 Å². The molecule has 2 aromatic carbocycles. The summed E-state index contributed by atoms with van der Waals surface area (Å²) in [5.74, 6) is 0.295. The molecule has 3 rings (SSSR count). The Morgan fingerprint density at radius 1 is 0.905 bits per heavy atom. The van der Waals surface area contributed by atoms with E-state index in [1.54, 1.807) is 12.1 Å². The summed E-state index contributed by atoms with van der Waals surface area (Å²) in [5.41, 5.74) is 6.65. The molecule has 1 atom stereocenters. The van der Waals surface area contributed by atoms with Crippen molar-refractivity contribution in [1.29, 1.82) is 0 Å². The van der Waals surface area contributed by atoms with Crippen LogP contribution in [0.4, 0.5) is 0 Å². The molecule has 2 N–H and O–H groups in total. The number of phenols is 1. The van der Waals surface area contributed by atoms with E-state index in [0.717, 1.165) is 30.5 Å². The Bertz CT molecular complexity index is 605. The van der Waals surface area contributed by atoms with Gasteiger partial charge in [0, 0.05) is 12.1 Å². The van der Waals surface area contributed by atoms with E-state index in [-0.39, 0.29) is 6.10 Å². The second-order valence-electron chi connectivity index (χ2n) is 5.31. The summed E-state index contributed by atoms with van der Waals surface area (Å²) >= 11 is 0. The average Bonchev–Trinajstić information content (AvgIpc) is 2.96. The van der Waals surface area contributed by atoms with Gasteiger partial charge in [0.1, 0.15) is 11.9 Å². The van der Waals surface area contributed by atoms with Gasteiger partial charge in [-0.1, -0.05) is 42.5 Å². The maximum atomic E-state index is 9.28. The van der Waals surface area contributed by atoms with Crippen LogP contribution in [0.15, 0.2) is 66.4 Å². The molecule has 1 aliphatic rings. The minimum absolute atomic E-state index is 0.0558. The number of nitrogens with one attached hydrogen (secondary N) is 1. The molecule has 0 amide bonds. The SMILES string of the molecule is Oc1ccc(CC2C=C(CCc3ccccc3)NO2)cc1. The van der Waals surface area contributed by atoms with Crippen LogP contribution < -0.4 is 5.48 Å². The van der Waals surface area contributed by atoms with E-state index in [0.29, 0.717) is 5.75 Å². The molecule has 0 bridgehead atoms. The lowest BCUT2D eigenvalue weighted by molar-refractivity contribution is 0.0418. The number of phenolic OH excluding ortho intramolecular Hbond substituents is 1. The molecule has 1 unspecified atom stereocenters. The van der Waals surface area contributed by atoms with Gasteiger partial charge in [0.2, 0.25) is 0 Å². The smallest absolute Gasteiger partial charge is 0.115 e. The summed E-state index contributed by atoms with van der Waals surface area (Å²) in [5, 5.41) is 9.28. The third-order valence-electron chi connectivity index (χ3n) is 3.63. The molecule has 0 fully saturated rings. The molecule has 2 aromatic rings. The highest BCUT2D eigenvalue weighted by molar-refractivity contribution is 5.27. The van der Waals surface area contributed by atoms with Crippen LogP contribution in [0.5, 0.6) is 5.75 Å². The second-order valence-corrected chi connectivity index (χ2v) is 5.31. The highest BCUT2D eigenvalue weighted by atomic mass is 16.7. The first-order valence-corrected chi connectivity index (χ1v) is 7.24. The van der Waals surface area contributed by atoms with Crippen LogP contribution in [-0.4, -0.2) is 11.2 Å². The summed E-state index contributed by atoms with van der Waals surface area (Å²) in [6.45, 7) is 0. The van der Waals surface area contributed by atoms with Crippen molar-refractivity contribution in [3.63, 3.8) is 0 Å². The molecule has 0 aliphatic carbocycles. The van der Waals surface area contributed by atoms with Crippen molar-refractivity contribution in [2.45, 2.75) is 25.4 Å². The Morgan fingerprint density at radius 2 is 1.67 bits per heavy atom. The van der Waals surface area contributed by atoms with Crippen molar-refractivity contribution < 1.29 is 9.94 Å². The fourth-order valence-corrected chi connectivity index (χ4v) is 2.47. The third-order valence-corrected chi connectivity index (χ3v) is 3.63. The third kappa shape index (κ3) is 3.86. The highest BCUT2D eigenvalue weighted by Crippen LogP contribution is 2.18. The standard InChI is InChI=1S/C18H19NO2/c20-17-10-7-15(8-11-17)12-18-13-16(19-21-18)9-6-14-4-2-1-3-5-14/h1-5,7-8,10-11,13,18-20H,6,9,12H2. The van der Waals surface area contributed by atoms with Crippen molar-refractivity contribution in [3.05, 3.63) is 77.5 Å². The predicted molar refractivity (Wildman–Crippen MR) is 82.7 cm³/mol. The number of benzene rings is 2. The summed E-state index contributed by atoms with van der Waals surface area (Å²) in [6.07, 6.45) is 4.98. The number of rotatable bonds is 5. The van der Waals surface area contributed by atoms with E-state index >= 15 is 0 Å². The first kappa shape index (κ1) is 13.7. The molecule has 108 valence electrons. The zero-order valence-corrected chi connectivity index (χ0v) is 11.8. The lowest BCUT2D eigenvalue weighted by Crippen LogP contribution is -2.14. The molecule has 0 saturated carbocycles. The van der Waals surface area contributed by atoms with Gasteiger partial charge < -0.3 is 5.11 Å². The van der Waals surface area contributed by atoms with Crippen LogP contribution in [0.1, 0.15) is 17.5 Å². The summed E-state index contributed by atoms with van der Waals surface area (Å²) in [7, 11) is 0. The largest absolute Gasteiger partial charge is 0.508 e. The number of hydrogen-bond donors (Lipinski definition) is 2. The average molecular weight is 281 g/mol. The Kier molecular flexibility index (Phi) is 4.22. The quantitative estimate of drug-likeness (QED) is 0.883. The number of hydrogen-bond acceptors (Lipinski definition) is 3. The van der Waals surface area contributed by atoms with Crippen LogP contribution in [0, 0.1) is 0 Å². The minimum Gasteiger partial charge on any atom is -0.508 e. The molecular formula is C18H19NO2. The van der Waals surface area contributed by atoms with Crippen molar-refractivity contribution in [3.8, 4) is 5.75 Å². The van der Waals surface area contributed by atoms with Gasteiger partial charge in [0.25, 0.3) is 0 Å². The van der Waals surface area contributed by atoms with Crippen molar-refractivity contribution in [1.82, 2.24) is 5.48 Å². The van der Waals surface area contributed by atoms with Gasteiger partial charge in [-0.2, -0.15) is 0 Å². The van der Waals surface area contributed by atoms with Crippen LogP contribution in [0.2, 0.25) is 0 Å². The summed E-state index contributed by atoms with van der Waals surface area (Å²) in [4.78, 5) is 5.58. The van der Waals surface area contributed by atoms with Gasteiger partial charge in [-0.15, -0.1) is 0 Å². The fraction of sp³-hybridized carbons (Fsp3) is 0.222. The second kappa shape index (κ2) is 6.46. The normalized spacial score (nSPS) is 17.3. The van der Waals surface area contributed by atoms with Crippen LogP contribution in [0.25, 0.3) is 0 Å². The summed E-state index contributed by atoms with van der Waals surface area (Å²) in [6, 6.07) is 17.7. The van der Waals surface area contributed by atoms with E-state index in [1.807, 2.05) is 18.2 Å². The van der Waals surface area contributed by atoms with Crippen LogP contribution in [-0.2, 0) is 17.7 Å². The van der Waals surface area contributed by atoms with Gasteiger partial charge in [0.15, 0.2) is 0 Å². The molecule has 3 heteroatoms. The van der Waals surface area contributed by atoms with Gasteiger partial charge in [-0.3, -0.25) is 10.3 Å². The van der Waals surface area contributed by atoms with Gasteiger partial charge in [-0.05, 0) is 42.2 Å². The van der Waals surface area contributed by atoms with Gasteiger partial charge in [-0.25, -0.2) is 0 Å². The minimum atomic E-state index is 0.0558. The first-order chi connectivity index (χ1) is 10.3. The lowest BCUT2D eigenvalue weighted by atomic mass is 10.1. The molecular weight excluding hydrogens is 262 g/mol. The molecule has 1 heterocycles. The Balaban J connectivity index is 1.53. The Morgan fingerprint density at radius 3 is 2.43 bits per heavy atom. The first-order valence-electron chi connectivity index (χ1n) is 7.24. The van der Waals surface area contributed by atoms with Crippen molar-refractivity contribution in [2.24, 2.45) is 0 Å². The molecule has 0 radical (unpaired) electrons.